The maximum Gasteiger partial charge on any atom is 0.278 e. The maximum absolute atomic E-state index is 11.9. The Morgan fingerprint density at radius 3 is 2.41 bits per heavy atom. The van der Waals surface area contributed by atoms with Crippen molar-refractivity contribution in [2.45, 2.75) is 20.3 Å². The molecule has 0 aromatic heterocycles. The summed E-state index contributed by atoms with van der Waals surface area (Å²) in [6.45, 7) is 3.70. The van der Waals surface area contributed by atoms with Crippen molar-refractivity contribution < 1.29 is 9.63 Å². The molecular weight excluding hydrogens is 261 g/mol. The van der Waals surface area contributed by atoms with Crippen LogP contribution in [0.15, 0.2) is 33.9 Å². The summed E-state index contributed by atoms with van der Waals surface area (Å²) in [6.07, 6.45) is 5.74. The van der Waals surface area contributed by atoms with Crippen molar-refractivity contribution >= 4 is 29.1 Å². The molecule has 0 spiro atoms. The van der Waals surface area contributed by atoms with Crippen molar-refractivity contribution in [3.8, 4) is 0 Å². The molecule has 0 aromatic carbocycles. The lowest BCUT2D eigenvalue weighted by molar-refractivity contribution is -0.163. The van der Waals surface area contributed by atoms with Crippen molar-refractivity contribution in [3.05, 3.63) is 33.9 Å². The molecule has 0 aliphatic heterocycles. The highest BCUT2D eigenvalue weighted by atomic mass is 35.5. The molecule has 0 heterocycles. The van der Waals surface area contributed by atoms with Gasteiger partial charge in [-0.1, -0.05) is 42.3 Å². The second-order valence-electron chi connectivity index (χ2n) is 3.18. The third-order valence-corrected chi connectivity index (χ3v) is 2.67. The predicted molar refractivity (Wildman–Crippen MR) is 71.7 cm³/mol. The Hall–Kier alpha value is -0.770. The number of hydrogen-bond donors (Lipinski definition) is 0. The van der Waals surface area contributed by atoms with Crippen LogP contribution in [0.25, 0.3) is 0 Å². The summed E-state index contributed by atoms with van der Waals surface area (Å²) in [4.78, 5) is 16.8. The third-order valence-electron chi connectivity index (χ3n) is 1.98. The van der Waals surface area contributed by atoms with Gasteiger partial charge in [-0.05, 0) is 19.4 Å². The van der Waals surface area contributed by atoms with Gasteiger partial charge in [0.2, 0.25) is 0 Å². The second kappa shape index (κ2) is 8.34. The van der Waals surface area contributed by atoms with Crippen LogP contribution in [0.1, 0.15) is 20.3 Å². The summed E-state index contributed by atoms with van der Waals surface area (Å²) in [5.74, 6) is -0.349. The highest BCUT2D eigenvalue weighted by molar-refractivity contribution is 6.36. The molecule has 0 unspecified atom stereocenters. The summed E-state index contributed by atoms with van der Waals surface area (Å²) >= 11 is 11.9. The number of hydroxylamine groups is 2. The van der Waals surface area contributed by atoms with E-state index in [1.165, 1.54) is 20.2 Å². The first-order chi connectivity index (χ1) is 7.97. The molecule has 96 valence electrons. The molecule has 0 aliphatic rings. The smallest absolute Gasteiger partial charge is 0.274 e. The molecule has 0 aromatic rings. The summed E-state index contributed by atoms with van der Waals surface area (Å²) in [5, 5.41) is 1.90. The SMILES string of the molecule is C\C=C(Cl)/C(=C\C(Cl)=C\CC)C(=O)N(C)OC. The zero-order valence-electron chi connectivity index (χ0n) is 10.5. The van der Waals surface area contributed by atoms with Gasteiger partial charge in [-0.15, -0.1) is 0 Å². The van der Waals surface area contributed by atoms with Crippen LogP contribution >= 0.6 is 23.2 Å². The average molecular weight is 278 g/mol. The standard InChI is InChI=1S/C12H17Cl2NO2/c1-5-7-9(13)8-10(11(14)6-2)12(16)15(3)17-4/h6-8H,5H2,1-4H3/b9-7-,10-8+,11-6+. The van der Waals surface area contributed by atoms with E-state index >= 15 is 0 Å². The average Bonchev–Trinajstić information content (AvgIpc) is 2.33. The quantitative estimate of drug-likeness (QED) is 0.437. The minimum absolute atomic E-state index is 0.299. The first-order valence-corrected chi connectivity index (χ1v) is 5.95. The van der Waals surface area contributed by atoms with Crippen LogP contribution < -0.4 is 0 Å². The number of carbonyl (C=O) groups excluding carboxylic acids is 1. The number of nitrogens with zero attached hydrogens (tertiary/aromatic N) is 1. The molecular formula is C12H17Cl2NO2. The minimum atomic E-state index is -0.349. The van der Waals surface area contributed by atoms with Gasteiger partial charge in [0.1, 0.15) is 0 Å². The normalized spacial score (nSPS) is 13.9. The Bertz CT molecular complexity index is 360. The van der Waals surface area contributed by atoms with Crippen molar-refractivity contribution in [2.24, 2.45) is 0 Å². The molecule has 0 fully saturated rings. The Labute approximate surface area is 112 Å². The number of carbonyl (C=O) groups is 1. The molecule has 17 heavy (non-hydrogen) atoms. The van der Waals surface area contributed by atoms with Gasteiger partial charge >= 0.3 is 0 Å². The van der Waals surface area contributed by atoms with Gasteiger partial charge in [0.25, 0.3) is 5.91 Å². The van der Waals surface area contributed by atoms with Crippen LogP contribution in [0, 0.1) is 0 Å². The van der Waals surface area contributed by atoms with Gasteiger partial charge in [0, 0.05) is 17.1 Å². The lowest BCUT2D eigenvalue weighted by atomic mass is 10.2. The summed E-state index contributed by atoms with van der Waals surface area (Å²) in [7, 11) is 2.91. The highest BCUT2D eigenvalue weighted by Crippen LogP contribution is 2.20. The van der Waals surface area contributed by atoms with Crippen LogP contribution in [0.4, 0.5) is 0 Å². The van der Waals surface area contributed by atoms with Crippen molar-refractivity contribution in [3.63, 3.8) is 0 Å². The number of allylic oxidation sites excluding steroid dienone is 4. The van der Waals surface area contributed by atoms with E-state index in [1.807, 2.05) is 6.92 Å². The Morgan fingerprint density at radius 2 is 2.00 bits per heavy atom. The molecule has 0 saturated heterocycles. The number of halogens is 2. The Morgan fingerprint density at radius 1 is 1.41 bits per heavy atom. The fourth-order valence-electron chi connectivity index (χ4n) is 1.03. The van der Waals surface area contributed by atoms with Gasteiger partial charge < -0.3 is 0 Å². The molecule has 0 N–H and O–H groups in total. The molecule has 1 amide bonds. The van der Waals surface area contributed by atoms with Crippen molar-refractivity contribution in [1.82, 2.24) is 5.06 Å². The summed E-state index contributed by atoms with van der Waals surface area (Å²) in [6, 6.07) is 0. The summed E-state index contributed by atoms with van der Waals surface area (Å²) in [5.41, 5.74) is 0.299. The van der Waals surface area contributed by atoms with E-state index in [9.17, 15) is 4.79 Å². The lowest BCUT2D eigenvalue weighted by Gasteiger charge is -2.15. The molecule has 0 rings (SSSR count). The fourth-order valence-corrected chi connectivity index (χ4v) is 1.43. The molecule has 3 nitrogen and oxygen atoms in total. The number of hydrogen-bond acceptors (Lipinski definition) is 2. The zero-order valence-corrected chi connectivity index (χ0v) is 12.0. The first-order valence-electron chi connectivity index (χ1n) is 5.19. The second-order valence-corrected chi connectivity index (χ2v) is 4.02. The Kier molecular flexibility index (Phi) is 7.96. The molecule has 0 saturated carbocycles. The topological polar surface area (TPSA) is 29.5 Å². The maximum atomic E-state index is 11.9. The van der Waals surface area contributed by atoms with Gasteiger partial charge in [-0.25, -0.2) is 5.06 Å². The van der Waals surface area contributed by atoms with Crippen molar-refractivity contribution in [1.29, 1.82) is 0 Å². The van der Waals surface area contributed by atoms with E-state index in [0.717, 1.165) is 11.5 Å². The lowest BCUT2D eigenvalue weighted by Crippen LogP contribution is -2.27. The minimum Gasteiger partial charge on any atom is -0.274 e. The van der Waals surface area contributed by atoms with Crippen LogP contribution in [0.5, 0.6) is 0 Å². The van der Waals surface area contributed by atoms with Crippen LogP contribution in [0.3, 0.4) is 0 Å². The largest absolute Gasteiger partial charge is 0.278 e. The van der Waals surface area contributed by atoms with Crippen molar-refractivity contribution in [2.75, 3.05) is 14.2 Å². The monoisotopic (exact) mass is 277 g/mol. The molecule has 0 atom stereocenters. The molecule has 0 bridgehead atoms. The molecule has 0 radical (unpaired) electrons. The van der Waals surface area contributed by atoms with Gasteiger partial charge in [0.15, 0.2) is 0 Å². The van der Waals surface area contributed by atoms with E-state index in [-0.39, 0.29) is 5.91 Å². The molecule has 5 heteroatoms. The van der Waals surface area contributed by atoms with E-state index in [4.69, 9.17) is 28.0 Å². The highest BCUT2D eigenvalue weighted by Gasteiger charge is 2.17. The van der Waals surface area contributed by atoms with E-state index in [0.29, 0.717) is 15.6 Å². The first kappa shape index (κ1) is 16.2. The number of likely N-dealkylation sites (N-methyl/N-ethyl adjacent to an activating group) is 1. The van der Waals surface area contributed by atoms with E-state index in [1.54, 1.807) is 19.1 Å². The van der Waals surface area contributed by atoms with Gasteiger partial charge in [-0.3, -0.25) is 9.63 Å². The zero-order chi connectivity index (χ0) is 13.4. The van der Waals surface area contributed by atoms with Crippen LogP contribution in [-0.4, -0.2) is 25.1 Å². The van der Waals surface area contributed by atoms with Gasteiger partial charge in [0.05, 0.1) is 12.7 Å². The van der Waals surface area contributed by atoms with E-state index in [2.05, 4.69) is 0 Å². The molecule has 0 aliphatic carbocycles. The third kappa shape index (κ3) is 5.39. The summed E-state index contributed by atoms with van der Waals surface area (Å²) < 4.78 is 0. The number of rotatable bonds is 5. The number of amides is 1. The van der Waals surface area contributed by atoms with Crippen LogP contribution in [-0.2, 0) is 9.63 Å². The van der Waals surface area contributed by atoms with E-state index < -0.39 is 0 Å². The Balaban J connectivity index is 5.30. The predicted octanol–water partition coefficient (Wildman–Crippen LogP) is 3.61. The fraction of sp³-hybridized carbons (Fsp3) is 0.417. The van der Waals surface area contributed by atoms with Crippen LogP contribution in [0.2, 0.25) is 0 Å². The van der Waals surface area contributed by atoms with Gasteiger partial charge in [-0.2, -0.15) is 0 Å².